The summed E-state index contributed by atoms with van der Waals surface area (Å²) >= 11 is 0. The van der Waals surface area contributed by atoms with Gasteiger partial charge >= 0.3 is 6.08 Å². The molecule has 38 heavy (non-hydrogen) atoms. The standard InChI is InChI=1S/C28H27F4N3O3/c1-4-17-20(29)7-6-15-10-16(38-14-37-3)11-18(22(15)17)23-21(30)12-19-25(24(23)31)33-27(32)34-26(19)35-9-5-8-28(2,36)13-35/h6-7,10-12,36H,4-5,8-9,13-14H2,1-3H3/t28-/m1/s1. The van der Waals surface area contributed by atoms with E-state index in [9.17, 15) is 13.9 Å². The number of fused-ring (bicyclic) bond motifs is 2. The van der Waals surface area contributed by atoms with E-state index in [2.05, 4.69) is 9.97 Å². The smallest absolute Gasteiger partial charge is 0.311 e. The summed E-state index contributed by atoms with van der Waals surface area (Å²) in [4.78, 5) is 9.11. The molecule has 6 nitrogen and oxygen atoms in total. The number of hydrogen-bond acceptors (Lipinski definition) is 6. The summed E-state index contributed by atoms with van der Waals surface area (Å²) in [6.45, 7) is 3.82. The molecule has 1 fully saturated rings. The molecule has 0 radical (unpaired) electrons. The van der Waals surface area contributed by atoms with Crippen LogP contribution in [0, 0.1) is 23.5 Å². The molecule has 2 heterocycles. The number of methoxy groups -OCH3 is 1. The number of benzene rings is 3. The highest BCUT2D eigenvalue weighted by Gasteiger charge is 2.32. The summed E-state index contributed by atoms with van der Waals surface area (Å²) < 4.78 is 72.1. The van der Waals surface area contributed by atoms with Gasteiger partial charge in [0, 0.05) is 25.6 Å². The van der Waals surface area contributed by atoms with Crippen molar-refractivity contribution in [1.82, 2.24) is 9.97 Å². The lowest BCUT2D eigenvalue weighted by atomic mass is 9.91. The van der Waals surface area contributed by atoms with Gasteiger partial charge in [0.2, 0.25) is 0 Å². The average molecular weight is 530 g/mol. The Balaban J connectivity index is 1.79. The fraction of sp³-hybridized carbons (Fsp3) is 0.357. The summed E-state index contributed by atoms with van der Waals surface area (Å²) in [7, 11) is 1.43. The number of piperidine rings is 1. The zero-order valence-electron chi connectivity index (χ0n) is 21.2. The second-order valence-electron chi connectivity index (χ2n) is 9.78. The third-order valence-corrected chi connectivity index (χ3v) is 6.92. The van der Waals surface area contributed by atoms with Crippen molar-refractivity contribution in [2.24, 2.45) is 0 Å². The van der Waals surface area contributed by atoms with E-state index in [-0.39, 0.29) is 47.8 Å². The second-order valence-corrected chi connectivity index (χ2v) is 9.78. The monoisotopic (exact) mass is 529 g/mol. The van der Waals surface area contributed by atoms with Crippen molar-refractivity contribution in [2.45, 2.75) is 38.7 Å². The van der Waals surface area contributed by atoms with Crippen molar-refractivity contribution < 1.29 is 32.1 Å². The van der Waals surface area contributed by atoms with E-state index in [0.29, 0.717) is 30.2 Å². The average Bonchev–Trinajstić information content (AvgIpc) is 2.87. The minimum Gasteiger partial charge on any atom is -0.468 e. The summed E-state index contributed by atoms with van der Waals surface area (Å²) in [6.07, 6.45) is 0.208. The first kappa shape index (κ1) is 26.1. The molecule has 0 aliphatic carbocycles. The molecule has 10 heteroatoms. The van der Waals surface area contributed by atoms with Crippen molar-refractivity contribution in [2.75, 3.05) is 31.9 Å². The summed E-state index contributed by atoms with van der Waals surface area (Å²) in [5.74, 6) is -2.32. The Bertz CT molecular complexity index is 1540. The maximum absolute atomic E-state index is 16.2. The molecule has 0 spiro atoms. The van der Waals surface area contributed by atoms with Crippen LogP contribution >= 0.6 is 0 Å². The number of aryl methyl sites for hydroxylation is 1. The summed E-state index contributed by atoms with van der Waals surface area (Å²) in [5, 5.41) is 11.3. The molecule has 4 aromatic rings. The largest absolute Gasteiger partial charge is 0.468 e. The normalized spacial score (nSPS) is 17.9. The number of anilines is 1. The Hall–Kier alpha value is -3.50. The molecule has 0 saturated carbocycles. The predicted molar refractivity (Wildman–Crippen MR) is 136 cm³/mol. The Labute approximate surface area is 216 Å². The van der Waals surface area contributed by atoms with Gasteiger partial charge in [-0.25, -0.2) is 13.2 Å². The van der Waals surface area contributed by atoms with Gasteiger partial charge in [0.1, 0.15) is 28.7 Å². The summed E-state index contributed by atoms with van der Waals surface area (Å²) in [5.41, 5.74) is -1.64. The van der Waals surface area contributed by atoms with Crippen molar-refractivity contribution in [3.63, 3.8) is 0 Å². The quantitative estimate of drug-likeness (QED) is 0.191. The van der Waals surface area contributed by atoms with Gasteiger partial charge in [-0.15, -0.1) is 0 Å². The third-order valence-electron chi connectivity index (χ3n) is 6.92. The van der Waals surface area contributed by atoms with Gasteiger partial charge in [-0.2, -0.15) is 14.4 Å². The lowest BCUT2D eigenvalue weighted by Crippen LogP contribution is -2.46. The van der Waals surface area contributed by atoms with Crippen LogP contribution in [0.2, 0.25) is 0 Å². The van der Waals surface area contributed by atoms with E-state index in [4.69, 9.17) is 9.47 Å². The summed E-state index contributed by atoms with van der Waals surface area (Å²) in [6, 6.07) is 6.90. The van der Waals surface area contributed by atoms with E-state index in [1.54, 1.807) is 24.8 Å². The fourth-order valence-corrected chi connectivity index (χ4v) is 5.28. The second kappa shape index (κ2) is 9.99. The van der Waals surface area contributed by atoms with Gasteiger partial charge in [0.25, 0.3) is 0 Å². The minimum atomic E-state index is -1.18. The fourth-order valence-electron chi connectivity index (χ4n) is 5.28. The number of β-amino-alcohol motifs (C(OH)–C–C–N with tert-alkyl or cyclic N) is 1. The van der Waals surface area contributed by atoms with Crippen LogP contribution in [0.5, 0.6) is 5.75 Å². The molecule has 5 rings (SSSR count). The van der Waals surface area contributed by atoms with E-state index in [1.807, 2.05) is 0 Å². The highest BCUT2D eigenvalue weighted by Crippen LogP contribution is 2.42. The van der Waals surface area contributed by atoms with Crippen LogP contribution in [0.3, 0.4) is 0 Å². The van der Waals surface area contributed by atoms with Crippen LogP contribution in [0.4, 0.5) is 23.4 Å². The molecule has 0 bridgehead atoms. The van der Waals surface area contributed by atoms with Crippen molar-refractivity contribution in [3.8, 4) is 16.9 Å². The van der Waals surface area contributed by atoms with Gasteiger partial charge in [0.15, 0.2) is 12.6 Å². The highest BCUT2D eigenvalue weighted by atomic mass is 19.1. The van der Waals surface area contributed by atoms with E-state index in [1.165, 1.54) is 25.3 Å². The van der Waals surface area contributed by atoms with Gasteiger partial charge in [-0.1, -0.05) is 13.0 Å². The molecule has 1 aliphatic heterocycles. The molecule has 1 aliphatic rings. The Morgan fingerprint density at radius 2 is 1.87 bits per heavy atom. The molecule has 3 aromatic carbocycles. The number of hydrogen-bond donors (Lipinski definition) is 1. The van der Waals surface area contributed by atoms with Crippen LogP contribution in [0.1, 0.15) is 32.3 Å². The maximum Gasteiger partial charge on any atom is 0.311 e. The zero-order valence-corrected chi connectivity index (χ0v) is 21.2. The maximum atomic E-state index is 16.2. The number of ether oxygens (including phenoxy) is 2. The Morgan fingerprint density at radius 1 is 1.08 bits per heavy atom. The SMILES string of the molecule is CCc1c(F)ccc2cc(OCOC)cc(-c3c(F)cc4c(N5CCC[C@@](C)(O)C5)nc(F)nc4c3F)c12. The first-order valence-electron chi connectivity index (χ1n) is 12.3. The number of halogens is 4. The molecule has 0 amide bonds. The molecule has 1 saturated heterocycles. The topological polar surface area (TPSA) is 67.7 Å². The number of rotatable bonds is 6. The molecular weight excluding hydrogens is 502 g/mol. The molecular formula is C28H27F4N3O3. The number of aliphatic hydroxyl groups is 1. The van der Waals surface area contributed by atoms with Crippen molar-refractivity contribution in [1.29, 1.82) is 0 Å². The number of nitrogens with zero attached hydrogens (tertiary/aromatic N) is 3. The molecule has 1 aromatic heterocycles. The first-order valence-corrected chi connectivity index (χ1v) is 12.3. The highest BCUT2D eigenvalue weighted by molar-refractivity contribution is 6.03. The van der Waals surface area contributed by atoms with Crippen LogP contribution in [0.25, 0.3) is 32.8 Å². The van der Waals surface area contributed by atoms with E-state index in [0.717, 1.165) is 6.07 Å². The Kier molecular flexibility index (Phi) is 6.87. The molecule has 1 N–H and O–H groups in total. The van der Waals surface area contributed by atoms with Crippen LogP contribution in [-0.4, -0.2) is 47.7 Å². The van der Waals surface area contributed by atoms with Gasteiger partial charge in [0.05, 0.1) is 11.2 Å². The van der Waals surface area contributed by atoms with Gasteiger partial charge < -0.3 is 19.5 Å². The van der Waals surface area contributed by atoms with Crippen LogP contribution in [-0.2, 0) is 11.2 Å². The van der Waals surface area contributed by atoms with Crippen LogP contribution < -0.4 is 9.64 Å². The van der Waals surface area contributed by atoms with Crippen molar-refractivity contribution >= 4 is 27.5 Å². The van der Waals surface area contributed by atoms with Gasteiger partial charge in [-0.3, -0.25) is 0 Å². The molecule has 0 unspecified atom stereocenters. The Morgan fingerprint density at radius 3 is 2.58 bits per heavy atom. The first-order chi connectivity index (χ1) is 18.1. The number of aromatic nitrogens is 2. The zero-order chi connectivity index (χ0) is 27.2. The van der Waals surface area contributed by atoms with E-state index >= 15 is 8.78 Å². The third kappa shape index (κ3) is 4.63. The van der Waals surface area contributed by atoms with E-state index < -0.39 is 40.2 Å². The van der Waals surface area contributed by atoms with Crippen molar-refractivity contribution in [3.05, 3.63) is 59.4 Å². The molecule has 200 valence electrons. The van der Waals surface area contributed by atoms with Gasteiger partial charge in [-0.05, 0) is 72.4 Å². The lowest BCUT2D eigenvalue weighted by Gasteiger charge is -2.37. The lowest BCUT2D eigenvalue weighted by molar-refractivity contribution is 0.0447. The molecule has 1 atom stereocenters. The van der Waals surface area contributed by atoms with Crippen LogP contribution in [0.15, 0.2) is 30.3 Å². The predicted octanol–water partition coefficient (Wildman–Crippen LogP) is 5.90. The minimum absolute atomic E-state index is 0.000784.